The lowest BCUT2D eigenvalue weighted by Gasteiger charge is -2.09. The molecule has 0 saturated heterocycles. The molecule has 92 valence electrons. The average Bonchev–Trinajstić information content (AvgIpc) is 2.26. The molecule has 1 atom stereocenters. The van der Waals surface area contributed by atoms with Gasteiger partial charge in [0.25, 0.3) is 0 Å². The third-order valence-electron chi connectivity index (χ3n) is 2.38. The van der Waals surface area contributed by atoms with Crippen LogP contribution < -0.4 is 0 Å². The summed E-state index contributed by atoms with van der Waals surface area (Å²) in [7, 11) is 0. The number of phenolic OH excluding ortho intramolecular Hbond substituents is 1. The monoisotopic (exact) mass is 236 g/mol. The van der Waals surface area contributed by atoms with Crippen molar-refractivity contribution < 1.29 is 20.1 Å². The van der Waals surface area contributed by atoms with Gasteiger partial charge in [0.05, 0.1) is 0 Å². The highest BCUT2D eigenvalue weighted by Gasteiger charge is 2.16. The van der Waals surface area contributed by atoms with Crippen molar-refractivity contribution in [3.63, 3.8) is 0 Å². The van der Waals surface area contributed by atoms with Gasteiger partial charge in [0, 0.05) is 0 Å². The third kappa shape index (κ3) is 3.60. The van der Waals surface area contributed by atoms with E-state index < -0.39 is 12.1 Å². The Morgan fingerprint density at radius 3 is 2.59 bits per heavy atom. The summed E-state index contributed by atoms with van der Waals surface area (Å²) in [6.07, 6.45) is 0.876. The van der Waals surface area contributed by atoms with Crippen molar-refractivity contribution in [2.24, 2.45) is 0 Å². The molecule has 0 heterocycles. The van der Waals surface area contributed by atoms with Gasteiger partial charge in [-0.25, -0.2) is 4.79 Å². The molecule has 0 bridgehead atoms. The van der Waals surface area contributed by atoms with E-state index in [0.717, 1.165) is 5.57 Å². The van der Waals surface area contributed by atoms with Gasteiger partial charge in [-0.3, -0.25) is 0 Å². The van der Waals surface area contributed by atoms with Crippen LogP contribution in [0.2, 0.25) is 0 Å². The highest BCUT2D eigenvalue weighted by atomic mass is 16.4. The number of carboxylic acid groups (broad SMARTS) is 1. The summed E-state index contributed by atoms with van der Waals surface area (Å²) in [5, 5.41) is 27.7. The Bertz CT molecular complexity index is 445. The predicted molar refractivity (Wildman–Crippen MR) is 63.8 cm³/mol. The van der Waals surface area contributed by atoms with Crippen LogP contribution in [-0.4, -0.2) is 21.3 Å². The minimum atomic E-state index is -1.55. The van der Waals surface area contributed by atoms with Gasteiger partial charge in [-0.1, -0.05) is 17.7 Å². The standard InChI is InChI=1S/C13H16O4/c1-8(2)3-4-9-7-10(5-6-11(9)14)12(15)13(16)17/h3,5-7,12,14-15H,4H2,1-2H3,(H,16,17). The van der Waals surface area contributed by atoms with E-state index in [0.29, 0.717) is 12.0 Å². The van der Waals surface area contributed by atoms with Gasteiger partial charge in [-0.05, 0) is 43.5 Å². The number of aliphatic hydroxyl groups excluding tert-OH is 1. The highest BCUT2D eigenvalue weighted by molar-refractivity contribution is 5.74. The second-order valence-electron chi connectivity index (χ2n) is 4.11. The summed E-state index contributed by atoms with van der Waals surface area (Å²) >= 11 is 0. The van der Waals surface area contributed by atoms with Crippen LogP contribution in [-0.2, 0) is 11.2 Å². The van der Waals surface area contributed by atoms with Crippen molar-refractivity contribution in [3.05, 3.63) is 41.0 Å². The molecule has 4 nitrogen and oxygen atoms in total. The number of hydrogen-bond donors (Lipinski definition) is 3. The van der Waals surface area contributed by atoms with E-state index in [4.69, 9.17) is 5.11 Å². The molecule has 1 unspecified atom stereocenters. The lowest BCUT2D eigenvalue weighted by atomic mass is 10.0. The molecule has 0 aromatic heterocycles. The molecular weight excluding hydrogens is 220 g/mol. The molecule has 3 N–H and O–H groups in total. The number of carboxylic acids is 1. The second-order valence-corrected chi connectivity index (χ2v) is 4.11. The fraction of sp³-hybridized carbons (Fsp3) is 0.308. The van der Waals surface area contributed by atoms with Crippen LogP contribution in [0.4, 0.5) is 0 Å². The van der Waals surface area contributed by atoms with E-state index in [1.165, 1.54) is 18.2 Å². The maximum Gasteiger partial charge on any atom is 0.337 e. The first kappa shape index (κ1) is 13.3. The van der Waals surface area contributed by atoms with Crippen molar-refractivity contribution in [2.45, 2.75) is 26.4 Å². The molecular formula is C13H16O4. The minimum Gasteiger partial charge on any atom is -0.508 e. The Balaban J connectivity index is 3.02. The summed E-state index contributed by atoms with van der Waals surface area (Å²) in [5.41, 5.74) is 1.98. The number of aliphatic hydroxyl groups is 1. The molecule has 0 aliphatic carbocycles. The van der Waals surface area contributed by atoms with Crippen LogP contribution in [0.25, 0.3) is 0 Å². The van der Waals surface area contributed by atoms with E-state index >= 15 is 0 Å². The first-order chi connectivity index (χ1) is 7.91. The number of phenols is 1. The summed E-state index contributed by atoms with van der Waals surface area (Å²) < 4.78 is 0. The number of aromatic hydroxyl groups is 1. The molecule has 1 rings (SSSR count). The van der Waals surface area contributed by atoms with Crippen molar-refractivity contribution in [3.8, 4) is 5.75 Å². The number of hydrogen-bond acceptors (Lipinski definition) is 3. The maximum absolute atomic E-state index is 10.6. The van der Waals surface area contributed by atoms with Crippen LogP contribution in [0, 0.1) is 0 Å². The van der Waals surface area contributed by atoms with Crippen LogP contribution in [0.5, 0.6) is 5.75 Å². The molecule has 0 saturated carbocycles. The van der Waals surface area contributed by atoms with E-state index in [9.17, 15) is 15.0 Å². The number of rotatable bonds is 4. The summed E-state index contributed by atoms with van der Waals surface area (Å²) in [6, 6.07) is 4.31. The molecule has 0 aliphatic rings. The van der Waals surface area contributed by atoms with E-state index in [1.807, 2.05) is 19.9 Å². The van der Waals surface area contributed by atoms with Gasteiger partial charge in [0.2, 0.25) is 0 Å². The van der Waals surface area contributed by atoms with Crippen molar-refractivity contribution >= 4 is 5.97 Å². The first-order valence-corrected chi connectivity index (χ1v) is 5.28. The van der Waals surface area contributed by atoms with Gasteiger partial charge >= 0.3 is 5.97 Å². The Hall–Kier alpha value is -1.81. The zero-order valence-electron chi connectivity index (χ0n) is 9.84. The van der Waals surface area contributed by atoms with Gasteiger partial charge in [-0.15, -0.1) is 0 Å². The number of carbonyl (C=O) groups is 1. The number of aliphatic carboxylic acids is 1. The zero-order chi connectivity index (χ0) is 13.0. The highest BCUT2D eigenvalue weighted by Crippen LogP contribution is 2.23. The molecule has 4 heteroatoms. The Labute approximate surface area is 99.8 Å². The average molecular weight is 236 g/mol. The van der Waals surface area contributed by atoms with Gasteiger partial charge in [0.1, 0.15) is 5.75 Å². The summed E-state index contributed by atoms with van der Waals surface area (Å²) in [6.45, 7) is 3.87. The van der Waals surface area contributed by atoms with Crippen LogP contribution in [0.1, 0.15) is 31.1 Å². The Morgan fingerprint density at radius 2 is 2.06 bits per heavy atom. The maximum atomic E-state index is 10.6. The lowest BCUT2D eigenvalue weighted by Crippen LogP contribution is -2.10. The SMILES string of the molecule is CC(C)=CCc1cc(C(O)C(=O)O)ccc1O. The zero-order valence-corrected chi connectivity index (χ0v) is 9.84. The van der Waals surface area contributed by atoms with Crippen LogP contribution in [0.3, 0.4) is 0 Å². The van der Waals surface area contributed by atoms with Crippen LogP contribution >= 0.6 is 0 Å². The van der Waals surface area contributed by atoms with Gasteiger partial charge in [0.15, 0.2) is 6.10 Å². The third-order valence-corrected chi connectivity index (χ3v) is 2.38. The Kier molecular flexibility index (Phi) is 4.29. The molecule has 17 heavy (non-hydrogen) atoms. The van der Waals surface area contributed by atoms with Gasteiger partial charge in [-0.2, -0.15) is 0 Å². The van der Waals surface area contributed by atoms with Crippen molar-refractivity contribution in [1.82, 2.24) is 0 Å². The molecule has 0 spiro atoms. The number of benzene rings is 1. The first-order valence-electron chi connectivity index (χ1n) is 5.28. The van der Waals surface area contributed by atoms with Gasteiger partial charge < -0.3 is 15.3 Å². The van der Waals surface area contributed by atoms with E-state index in [-0.39, 0.29) is 11.3 Å². The topological polar surface area (TPSA) is 77.8 Å². The Morgan fingerprint density at radius 1 is 1.41 bits per heavy atom. The second kappa shape index (κ2) is 5.50. The summed E-state index contributed by atoms with van der Waals surface area (Å²) in [5.74, 6) is -1.20. The van der Waals surface area contributed by atoms with E-state index in [2.05, 4.69) is 0 Å². The fourth-order valence-electron chi connectivity index (χ4n) is 1.40. The minimum absolute atomic E-state index is 0.101. The molecule has 0 fully saturated rings. The van der Waals surface area contributed by atoms with Crippen molar-refractivity contribution in [2.75, 3.05) is 0 Å². The quantitative estimate of drug-likeness (QED) is 0.699. The van der Waals surface area contributed by atoms with Crippen molar-refractivity contribution in [1.29, 1.82) is 0 Å². The lowest BCUT2D eigenvalue weighted by molar-refractivity contribution is -0.146. The largest absolute Gasteiger partial charge is 0.508 e. The predicted octanol–water partition coefficient (Wildman–Crippen LogP) is 2.02. The van der Waals surface area contributed by atoms with E-state index in [1.54, 1.807) is 0 Å². The normalized spacial score (nSPS) is 11.9. The molecule has 0 aliphatic heterocycles. The molecule has 0 amide bonds. The smallest absolute Gasteiger partial charge is 0.337 e. The number of allylic oxidation sites excluding steroid dienone is 2. The molecule has 1 aromatic carbocycles. The fourth-order valence-corrected chi connectivity index (χ4v) is 1.40. The molecule has 1 aromatic rings. The molecule has 0 radical (unpaired) electrons. The summed E-state index contributed by atoms with van der Waals surface area (Å²) in [4.78, 5) is 10.6. The van der Waals surface area contributed by atoms with Crippen LogP contribution in [0.15, 0.2) is 29.8 Å².